The van der Waals surface area contributed by atoms with E-state index >= 15 is 4.39 Å². The van der Waals surface area contributed by atoms with E-state index in [0.29, 0.717) is 72.8 Å². The van der Waals surface area contributed by atoms with E-state index in [9.17, 15) is 40.3 Å². The summed E-state index contributed by atoms with van der Waals surface area (Å²) in [6, 6.07) is 39.5. The average molecular weight is 1310 g/mol. The molecule has 22 heteroatoms. The molecule has 6 aromatic carbocycles. The van der Waals surface area contributed by atoms with Crippen molar-refractivity contribution in [2.75, 3.05) is 37.6 Å². The van der Waals surface area contributed by atoms with E-state index in [4.69, 9.17) is 55.6 Å². The van der Waals surface area contributed by atoms with Gasteiger partial charge >= 0.3 is 5.97 Å². The van der Waals surface area contributed by atoms with Gasteiger partial charge in [-0.05, 0) is 137 Å². The van der Waals surface area contributed by atoms with Gasteiger partial charge in [0, 0.05) is 139 Å². The standard InChI is InChI=1S/C36H29F4N3O2S.C27H22F4N2OS.C8H8N2O2/c37-27-7-11-30(32(38)20-27)31-19-25(23-3-5-24(6-4-23)35(46)43-15-13-36(39,40)14-16-43)17-26-18-29(45-34(26)31)10-9-28(44)8-1-22-2-12-33(41)42-21-22;28-20-5-6-22(24(29)14-20)23-13-18(11-19-12-21(15-32)34-25(19)23)16-1-3-17(4-2-16)26(35)33-9-7-27(30,31)8-10-33;9-7-3-1-6(5-10-7)2-4-8(11)12/h1-8,11-12,17-21H,9-10,13-16H2,(H2,41,42);1-6,11-14H,7-10,15,32H2;1-5H,(H2,9,10)(H,11,12)/b8-1+;;4-2+. The van der Waals surface area contributed by atoms with Crippen LogP contribution in [0.2, 0.25) is 0 Å². The number of nitrogen functional groups attached to an aromatic ring is 2. The lowest BCUT2D eigenvalue weighted by Crippen LogP contribution is -2.42. The minimum atomic E-state index is -2.66. The zero-order chi connectivity index (χ0) is 66.1. The van der Waals surface area contributed by atoms with Crippen molar-refractivity contribution in [1.29, 1.82) is 0 Å². The number of likely N-dealkylation sites (tertiary alicyclic amines) is 2. The lowest BCUT2D eigenvalue weighted by Gasteiger charge is -2.33. The average Bonchev–Trinajstić information content (AvgIpc) is 1.71. The minimum absolute atomic E-state index is 0.112. The van der Waals surface area contributed by atoms with Crippen LogP contribution in [0.3, 0.4) is 0 Å². The Morgan fingerprint density at radius 1 is 0.527 bits per heavy atom. The lowest BCUT2D eigenvalue weighted by atomic mass is 9.95. The second-order valence-electron chi connectivity index (χ2n) is 22.2. The zero-order valence-electron chi connectivity index (χ0n) is 49.5. The third kappa shape index (κ3) is 16.8. The predicted molar refractivity (Wildman–Crippen MR) is 353 cm³/mol. The Morgan fingerprint density at radius 3 is 1.34 bits per heavy atom. The monoisotopic (exact) mass is 1310 g/mol. The number of thiocarbonyl (C=S) groups is 2. The molecule has 2 fully saturated rings. The highest BCUT2D eigenvalue weighted by Gasteiger charge is 2.36. The highest BCUT2D eigenvalue weighted by molar-refractivity contribution is 7.81. The number of nitrogens with zero attached hydrogens (tertiary/aromatic N) is 4. The smallest absolute Gasteiger partial charge is 0.328 e. The number of ketones is 1. The number of fused-ring (bicyclic) bond motifs is 2. The Balaban J connectivity index is 0.000000177. The van der Waals surface area contributed by atoms with Crippen molar-refractivity contribution in [1.82, 2.24) is 19.8 Å². The molecule has 0 radical (unpaired) electrons. The number of aromatic nitrogens is 2. The molecule has 7 N–H and O–H groups in total. The van der Waals surface area contributed by atoms with E-state index in [0.717, 1.165) is 62.5 Å². The number of anilines is 2. The van der Waals surface area contributed by atoms with E-state index in [1.807, 2.05) is 71.6 Å². The van der Waals surface area contributed by atoms with Crippen LogP contribution >= 0.6 is 24.4 Å². The maximum absolute atomic E-state index is 15.1. The van der Waals surface area contributed by atoms with Gasteiger partial charge in [0.15, 0.2) is 5.78 Å². The van der Waals surface area contributed by atoms with Crippen molar-refractivity contribution >= 4 is 91.9 Å². The molecule has 476 valence electrons. The summed E-state index contributed by atoms with van der Waals surface area (Å²) in [5.41, 5.74) is 25.1. The third-order valence-corrected chi connectivity index (χ3v) is 16.6. The molecule has 0 aliphatic carbocycles. The van der Waals surface area contributed by atoms with Gasteiger partial charge in [0.05, 0.1) is 6.54 Å². The molecule has 0 saturated carbocycles. The van der Waals surface area contributed by atoms with Crippen LogP contribution < -0.4 is 17.2 Å². The second-order valence-corrected chi connectivity index (χ2v) is 23.0. The van der Waals surface area contributed by atoms with Gasteiger partial charge in [0.2, 0.25) is 0 Å². The summed E-state index contributed by atoms with van der Waals surface area (Å²) >= 11 is 11.1. The number of nitrogens with two attached hydrogens (primary N) is 3. The van der Waals surface area contributed by atoms with Crippen LogP contribution in [0.5, 0.6) is 0 Å². The van der Waals surface area contributed by atoms with E-state index in [2.05, 4.69) is 9.97 Å². The van der Waals surface area contributed by atoms with Crippen molar-refractivity contribution in [3.63, 3.8) is 0 Å². The number of furan rings is 2. The fourth-order valence-corrected chi connectivity index (χ4v) is 11.2. The van der Waals surface area contributed by atoms with Crippen molar-refractivity contribution in [3.05, 3.63) is 227 Å². The molecule has 0 bridgehead atoms. The summed E-state index contributed by atoms with van der Waals surface area (Å²) in [7, 11) is 0. The number of alkyl halides is 4. The van der Waals surface area contributed by atoms with Gasteiger partial charge in [-0.1, -0.05) is 73.0 Å². The molecule has 2 aliphatic rings. The summed E-state index contributed by atoms with van der Waals surface area (Å²) in [6.45, 7) is 1.02. The number of carboxylic acids is 1. The molecule has 2 aliphatic heterocycles. The molecule has 12 rings (SSSR count). The summed E-state index contributed by atoms with van der Waals surface area (Å²) in [5.74, 6) is -7.27. The largest absolute Gasteiger partial charge is 0.478 e. The fourth-order valence-electron chi connectivity index (χ4n) is 10.6. The van der Waals surface area contributed by atoms with Gasteiger partial charge in [-0.3, -0.25) is 4.79 Å². The van der Waals surface area contributed by atoms with Crippen LogP contribution in [-0.4, -0.2) is 84.6 Å². The van der Waals surface area contributed by atoms with Crippen LogP contribution in [-0.2, 0) is 22.6 Å². The highest BCUT2D eigenvalue weighted by Crippen LogP contribution is 2.40. The Morgan fingerprint density at radius 2 is 0.946 bits per heavy atom. The molecule has 12 nitrogen and oxygen atoms in total. The molecule has 93 heavy (non-hydrogen) atoms. The van der Waals surface area contributed by atoms with Gasteiger partial charge in [0.25, 0.3) is 11.8 Å². The van der Waals surface area contributed by atoms with Crippen LogP contribution in [0.4, 0.5) is 46.8 Å². The number of piperidine rings is 2. The summed E-state index contributed by atoms with van der Waals surface area (Å²) in [4.78, 5) is 35.1. The molecule has 6 heterocycles. The van der Waals surface area contributed by atoms with E-state index in [-0.39, 0.29) is 81.7 Å². The number of carbonyl (C=O) groups excluding carboxylic acids is 1. The molecular weight excluding hydrogens is 1250 g/mol. The minimum Gasteiger partial charge on any atom is -0.478 e. The molecule has 0 atom stereocenters. The number of carbonyl (C=O) groups is 2. The van der Waals surface area contributed by atoms with Gasteiger partial charge in [0.1, 0.15) is 67.6 Å². The Bertz CT molecular complexity index is 4440. The van der Waals surface area contributed by atoms with Crippen LogP contribution in [0.25, 0.3) is 78.6 Å². The molecule has 4 aromatic heterocycles. The second kappa shape index (κ2) is 28.7. The molecule has 2 saturated heterocycles. The number of benzene rings is 6. The predicted octanol–water partition coefficient (Wildman–Crippen LogP) is 16.3. The summed E-state index contributed by atoms with van der Waals surface area (Å²) < 4.78 is 123. The molecular formula is C71H59F8N7O5S2. The van der Waals surface area contributed by atoms with Gasteiger partial charge in [-0.2, -0.15) is 0 Å². The summed E-state index contributed by atoms with van der Waals surface area (Å²) in [5, 5.41) is 9.73. The number of aryl methyl sites for hydroxylation is 1. The SMILES string of the molecule is NCc1cc2cc(-c3ccc(C(=S)N4CCC(F)(F)CC4)cc3)cc(-c3ccc(F)cc3F)c2o1.Nc1ccc(/C=C/C(=O)CCc2cc3cc(-c4ccc(C(=S)N5CCC(F)(F)CC5)cc4)cc(-c4ccc(F)cc4F)c3o2)cn1.Nc1ccc(/C=C/C(=O)O)cn1. The van der Waals surface area contributed by atoms with Crippen LogP contribution in [0.15, 0.2) is 179 Å². The van der Waals surface area contributed by atoms with Crippen LogP contribution in [0.1, 0.15) is 65.9 Å². The number of hydrogen-bond donors (Lipinski definition) is 4. The number of allylic oxidation sites excluding steroid dienone is 1. The Labute approximate surface area is 539 Å². The topological polar surface area (TPSA) is 191 Å². The van der Waals surface area contributed by atoms with Gasteiger partial charge in [-0.25, -0.2) is 49.9 Å². The Hall–Kier alpha value is -9.90. The van der Waals surface area contributed by atoms with Crippen molar-refractivity contribution in [3.8, 4) is 44.5 Å². The number of rotatable bonds is 14. The first-order valence-electron chi connectivity index (χ1n) is 29.3. The summed E-state index contributed by atoms with van der Waals surface area (Å²) in [6.07, 6.45) is 8.35. The number of carboxylic acid groups (broad SMARTS) is 1. The van der Waals surface area contributed by atoms with E-state index in [1.54, 1.807) is 59.6 Å². The van der Waals surface area contributed by atoms with Gasteiger partial charge < -0.3 is 40.9 Å². The van der Waals surface area contributed by atoms with Crippen molar-refractivity contribution < 1.29 is 58.7 Å². The molecule has 10 aromatic rings. The zero-order valence-corrected chi connectivity index (χ0v) is 51.2. The first kappa shape index (κ1) is 66.0. The number of aliphatic carboxylic acids is 1. The maximum atomic E-state index is 15.1. The number of pyridine rings is 2. The maximum Gasteiger partial charge on any atom is 0.328 e. The molecule has 0 spiro atoms. The van der Waals surface area contributed by atoms with Gasteiger partial charge in [-0.15, -0.1) is 0 Å². The lowest BCUT2D eigenvalue weighted by molar-refractivity contribution is -0.131. The number of hydrogen-bond acceptors (Lipinski definition) is 11. The molecule has 0 amide bonds. The van der Waals surface area contributed by atoms with Crippen molar-refractivity contribution in [2.24, 2.45) is 5.73 Å². The van der Waals surface area contributed by atoms with E-state index in [1.165, 1.54) is 42.6 Å². The fraction of sp³-hybridized carbons (Fsp3) is 0.183. The number of halogens is 8. The normalized spacial score (nSPS) is 14.4. The third-order valence-electron chi connectivity index (χ3n) is 15.6. The van der Waals surface area contributed by atoms with E-state index < -0.39 is 41.1 Å². The first-order chi connectivity index (χ1) is 44.5. The Kier molecular flexibility index (Phi) is 20.4. The highest BCUT2D eigenvalue weighted by atomic mass is 32.1. The quantitative estimate of drug-likeness (QED) is 0.0457. The molecule has 0 unspecified atom stereocenters. The van der Waals surface area contributed by atoms with Crippen LogP contribution in [0, 0.1) is 23.3 Å². The first-order valence-corrected chi connectivity index (χ1v) is 30.1. The van der Waals surface area contributed by atoms with Crippen molar-refractivity contribution in [2.45, 2.75) is 56.9 Å².